The Balaban J connectivity index is 1.93. The Morgan fingerprint density at radius 1 is 0.971 bits per heavy atom. The predicted octanol–water partition coefficient (Wildman–Crippen LogP) is 3.19. The van der Waals surface area contributed by atoms with Crippen LogP contribution in [-0.4, -0.2) is 56.2 Å². The van der Waals surface area contributed by atoms with E-state index in [0.717, 1.165) is 4.68 Å². The summed E-state index contributed by atoms with van der Waals surface area (Å²) in [6, 6.07) is 5.15. The molecule has 2 rings (SSSR count). The van der Waals surface area contributed by atoms with Crippen LogP contribution >= 0.6 is 0 Å². The van der Waals surface area contributed by atoms with E-state index in [-0.39, 0.29) is 18.8 Å². The molecule has 192 valence electrons. The topological polar surface area (TPSA) is 138 Å². The summed E-state index contributed by atoms with van der Waals surface area (Å²) in [6.45, 7) is 10.3. The molecule has 0 aliphatic heterocycles. The van der Waals surface area contributed by atoms with Gasteiger partial charge in [-0.1, -0.05) is 5.21 Å². The predicted molar refractivity (Wildman–Crippen MR) is 127 cm³/mol. The second kappa shape index (κ2) is 10.9. The van der Waals surface area contributed by atoms with Gasteiger partial charge in [0.2, 0.25) is 5.54 Å². The Hall–Kier alpha value is -3.34. The maximum absolute atomic E-state index is 13.1. The van der Waals surface area contributed by atoms with E-state index in [2.05, 4.69) is 15.6 Å². The first-order valence-corrected chi connectivity index (χ1v) is 11.3. The van der Waals surface area contributed by atoms with Gasteiger partial charge in [-0.05, 0) is 85.1 Å². The van der Waals surface area contributed by atoms with Gasteiger partial charge in [0, 0.05) is 12.1 Å². The molecular weight excluding hydrogens is 457 g/mol. The van der Waals surface area contributed by atoms with Crippen LogP contribution in [0.5, 0.6) is 0 Å². The Morgan fingerprint density at radius 2 is 1.51 bits per heavy atom. The van der Waals surface area contributed by atoms with Gasteiger partial charge < -0.3 is 20.5 Å². The number of carbonyl (C=O) groups excluding carboxylic acids is 3. The molecule has 1 heterocycles. The first-order chi connectivity index (χ1) is 16.1. The molecule has 0 spiro atoms. The molecule has 2 aromatic rings. The molecule has 1 aromatic carbocycles. The molecule has 0 saturated carbocycles. The molecule has 11 heteroatoms. The first-order valence-electron chi connectivity index (χ1n) is 11.3. The second-order valence-corrected chi connectivity index (χ2v) is 10.2. The molecule has 0 bridgehead atoms. The fraction of sp³-hybridized carbons (Fsp3) is 0.542. The van der Waals surface area contributed by atoms with Gasteiger partial charge in [0.15, 0.2) is 0 Å². The molecule has 10 nitrogen and oxygen atoms in total. The number of unbranched alkanes of at least 4 members (excludes halogenated alkanes) is 1. The molecule has 35 heavy (non-hydrogen) atoms. The van der Waals surface area contributed by atoms with Gasteiger partial charge >= 0.3 is 18.0 Å². The Kier molecular flexibility index (Phi) is 8.72. The third kappa shape index (κ3) is 8.43. The molecule has 0 fully saturated rings. The first kappa shape index (κ1) is 27.9. The summed E-state index contributed by atoms with van der Waals surface area (Å²) in [7, 11) is 0. The third-order valence-corrected chi connectivity index (χ3v) is 4.64. The number of ether oxygens (including phenoxy) is 2. The van der Waals surface area contributed by atoms with Crippen LogP contribution in [0.2, 0.25) is 0 Å². The fourth-order valence-corrected chi connectivity index (χ4v) is 2.95. The lowest BCUT2D eigenvalue weighted by atomic mass is 9.93. The summed E-state index contributed by atoms with van der Waals surface area (Å²) in [5.41, 5.74) is 3.62. The lowest BCUT2D eigenvalue weighted by Gasteiger charge is -2.32. The van der Waals surface area contributed by atoms with Crippen molar-refractivity contribution < 1.29 is 28.2 Å². The highest BCUT2D eigenvalue weighted by molar-refractivity contribution is 6.04. The maximum atomic E-state index is 13.1. The normalized spacial score (nSPS) is 12.2. The molecule has 0 unspecified atom stereocenters. The number of rotatable bonds is 8. The number of nitrogens with one attached hydrogen (secondary N) is 1. The second-order valence-electron chi connectivity index (χ2n) is 10.2. The lowest BCUT2D eigenvalue weighted by Crippen LogP contribution is -2.59. The van der Waals surface area contributed by atoms with E-state index in [1.165, 1.54) is 30.5 Å². The van der Waals surface area contributed by atoms with Crippen molar-refractivity contribution >= 4 is 18.0 Å². The van der Waals surface area contributed by atoms with Crippen molar-refractivity contribution in [3.05, 3.63) is 36.3 Å². The van der Waals surface area contributed by atoms with Crippen LogP contribution in [0, 0.1) is 5.82 Å². The van der Waals surface area contributed by atoms with Crippen molar-refractivity contribution in [3.63, 3.8) is 0 Å². The summed E-state index contributed by atoms with van der Waals surface area (Å²) in [4.78, 5) is 37.8. The highest BCUT2D eigenvalue weighted by Crippen LogP contribution is 2.22. The zero-order valence-electron chi connectivity index (χ0n) is 21.1. The van der Waals surface area contributed by atoms with Gasteiger partial charge in [-0.2, -0.15) is 4.68 Å². The average molecular weight is 492 g/mol. The molecule has 1 aromatic heterocycles. The SMILES string of the molecule is CC(C)(C)OC(=O)C(N)(CCCCNC(=O)n1cc(-c2ccc(F)cc2)nn1)C(=O)OC(C)(C)C. The Morgan fingerprint density at radius 3 is 2.03 bits per heavy atom. The van der Waals surface area contributed by atoms with E-state index in [4.69, 9.17) is 15.2 Å². The lowest BCUT2D eigenvalue weighted by molar-refractivity contribution is -0.177. The van der Waals surface area contributed by atoms with Gasteiger partial charge in [-0.3, -0.25) is 0 Å². The number of benzene rings is 1. The van der Waals surface area contributed by atoms with E-state index in [0.29, 0.717) is 24.1 Å². The van der Waals surface area contributed by atoms with Crippen molar-refractivity contribution in [2.45, 2.75) is 77.5 Å². The van der Waals surface area contributed by atoms with Crippen LogP contribution in [-0.2, 0) is 19.1 Å². The van der Waals surface area contributed by atoms with Crippen LogP contribution in [0.1, 0.15) is 60.8 Å². The smallest absolute Gasteiger partial charge is 0.343 e. The van der Waals surface area contributed by atoms with E-state index in [9.17, 15) is 18.8 Å². The minimum Gasteiger partial charge on any atom is -0.458 e. The minimum atomic E-state index is -1.97. The fourth-order valence-electron chi connectivity index (χ4n) is 2.95. The number of amides is 1. The minimum absolute atomic E-state index is 0.0231. The number of aromatic nitrogens is 3. The largest absolute Gasteiger partial charge is 0.458 e. The van der Waals surface area contributed by atoms with Crippen molar-refractivity contribution in [2.75, 3.05) is 6.54 Å². The van der Waals surface area contributed by atoms with Crippen molar-refractivity contribution in [3.8, 4) is 11.3 Å². The molecule has 0 aliphatic carbocycles. The van der Waals surface area contributed by atoms with E-state index < -0.39 is 34.7 Å². The number of carbonyl (C=O) groups is 3. The number of nitrogens with two attached hydrogens (primary N) is 1. The molecule has 3 N–H and O–H groups in total. The van der Waals surface area contributed by atoms with E-state index in [1.54, 1.807) is 41.5 Å². The average Bonchev–Trinajstić information content (AvgIpc) is 3.21. The molecule has 0 aliphatic rings. The number of nitrogens with zero attached hydrogens (tertiary/aromatic N) is 3. The molecule has 0 saturated heterocycles. The van der Waals surface area contributed by atoms with Crippen LogP contribution in [0.3, 0.4) is 0 Å². The summed E-state index contributed by atoms with van der Waals surface area (Å²) >= 11 is 0. The monoisotopic (exact) mass is 491 g/mol. The zero-order chi connectivity index (χ0) is 26.4. The van der Waals surface area contributed by atoms with Crippen LogP contribution in [0.4, 0.5) is 9.18 Å². The number of hydrogen-bond donors (Lipinski definition) is 2. The Labute approximate surface area is 204 Å². The van der Waals surface area contributed by atoms with Gasteiger partial charge in [0.05, 0.1) is 6.20 Å². The van der Waals surface area contributed by atoms with Crippen LogP contribution < -0.4 is 11.1 Å². The zero-order valence-corrected chi connectivity index (χ0v) is 21.1. The van der Waals surface area contributed by atoms with Gasteiger partial charge in [0.1, 0.15) is 22.7 Å². The van der Waals surface area contributed by atoms with Gasteiger partial charge in [-0.25, -0.2) is 18.8 Å². The van der Waals surface area contributed by atoms with Crippen LogP contribution in [0.25, 0.3) is 11.3 Å². The molecule has 0 atom stereocenters. The van der Waals surface area contributed by atoms with Crippen molar-refractivity contribution in [2.24, 2.45) is 5.73 Å². The maximum Gasteiger partial charge on any atom is 0.343 e. The standard InChI is InChI=1S/C24H34FN5O5/c1-22(2,3)34-19(31)24(26,20(32)35-23(4,5)6)13-7-8-14-27-21(33)30-15-18(28-29-30)16-9-11-17(25)12-10-16/h9-12,15H,7-8,13-14,26H2,1-6H3,(H,27,33). The van der Waals surface area contributed by atoms with Gasteiger partial charge in [-0.15, -0.1) is 5.10 Å². The number of esters is 2. The summed E-state index contributed by atoms with van der Waals surface area (Å²) in [6.07, 6.45) is 2.17. The summed E-state index contributed by atoms with van der Waals surface area (Å²) in [5, 5.41) is 10.4. The van der Waals surface area contributed by atoms with E-state index in [1.807, 2.05) is 0 Å². The van der Waals surface area contributed by atoms with Gasteiger partial charge in [0.25, 0.3) is 0 Å². The quantitative estimate of drug-likeness (QED) is 0.326. The molecule has 1 amide bonds. The summed E-state index contributed by atoms with van der Waals surface area (Å²) < 4.78 is 24.8. The highest BCUT2D eigenvalue weighted by atomic mass is 19.1. The van der Waals surface area contributed by atoms with Crippen molar-refractivity contribution in [1.29, 1.82) is 0 Å². The number of hydrogen-bond acceptors (Lipinski definition) is 8. The van der Waals surface area contributed by atoms with E-state index >= 15 is 0 Å². The summed E-state index contributed by atoms with van der Waals surface area (Å²) in [5.74, 6) is -2.10. The number of halogens is 1. The van der Waals surface area contributed by atoms with Crippen LogP contribution in [0.15, 0.2) is 30.5 Å². The third-order valence-electron chi connectivity index (χ3n) is 4.64. The molecule has 0 radical (unpaired) electrons. The van der Waals surface area contributed by atoms with Crippen molar-refractivity contribution in [1.82, 2.24) is 20.3 Å². The Bertz CT molecular complexity index is 1010. The molecular formula is C24H34FN5O5. The highest BCUT2D eigenvalue weighted by Gasteiger charge is 2.47.